The molecule has 1 N–H and O–H groups in total. The van der Waals surface area contributed by atoms with E-state index in [9.17, 15) is 5.11 Å². The molecule has 0 saturated heterocycles. The van der Waals surface area contributed by atoms with Crippen molar-refractivity contribution in [2.45, 2.75) is 17.9 Å². The van der Waals surface area contributed by atoms with Crippen LogP contribution in [-0.4, -0.2) is 11.2 Å². The molecule has 1 nitrogen and oxygen atoms in total. The van der Waals surface area contributed by atoms with Gasteiger partial charge in [0.05, 0.1) is 10.9 Å². The molecule has 0 heterocycles. The lowest BCUT2D eigenvalue weighted by atomic mass is 10.1. The van der Waals surface area contributed by atoms with E-state index in [2.05, 4.69) is 15.9 Å². The van der Waals surface area contributed by atoms with Gasteiger partial charge in [0.25, 0.3) is 0 Å². The quantitative estimate of drug-likeness (QED) is 0.798. The molecule has 2 unspecified atom stereocenters. The summed E-state index contributed by atoms with van der Waals surface area (Å²) in [5, 5.41) is 9.97. The van der Waals surface area contributed by atoms with Gasteiger partial charge in [-0.05, 0) is 24.6 Å². The summed E-state index contributed by atoms with van der Waals surface area (Å²) in [6.45, 7) is 1.74. The first-order chi connectivity index (χ1) is 5.61. The highest BCUT2D eigenvalue weighted by Crippen LogP contribution is 2.27. The Morgan fingerprint density at radius 3 is 2.67 bits per heavy atom. The van der Waals surface area contributed by atoms with Gasteiger partial charge in [-0.1, -0.05) is 39.7 Å². The van der Waals surface area contributed by atoms with E-state index in [1.54, 1.807) is 6.92 Å². The van der Waals surface area contributed by atoms with Crippen molar-refractivity contribution in [3.05, 3.63) is 34.9 Å². The van der Waals surface area contributed by atoms with E-state index >= 15 is 0 Å². The molecule has 0 spiro atoms. The van der Waals surface area contributed by atoms with Gasteiger partial charge in [-0.2, -0.15) is 0 Å². The minimum Gasteiger partial charge on any atom is -0.392 e. The zero-order valence-electron chi connectivity index (χ0n) is 6.67. The van der Waals surface area contributed by atoms with E-state index in [0.717, 1.165) is 5.56 Å². The molecule has 0 radical (unpaired) electrons. The van der Waals surface area contributed by atoms with Gasteiger partial charge in [-0.25, -0.2) is 0 Å². The predicted molar refractivity (Wildman–Crippen MR) is 54.8 cm³/mol. The second kappa shape index (κ2) is 4.26. The van der Waals surface area contributed by atoms with Crippen molar-refractivity contribution in [3.8, 4) is 0 Å². The number of aliphatic hydroxyl groups excluding tert-OH is 1. The van der Waals surface area contributed by atoms with E-state index in [-0.39, 0.29) is 4.83 Å². The number of benzene rings is 1. The van der Waals surface area contributed by atoms with Crippen molar-refractivity contribution in [1.29, 1.82) is 0 Å². The summed E-state index contributed by atoms with van der Waals surface area (Å²) in [5.41, 5.74) is 0.998. The van der Waals surface area contributed by atoms with Crippen LogP contribution in [0.15, 0.2) is 24.3 Å². The third-order valence-electron chi connectivity index (χ3n) is 1.59. The summed E-state index contributed by atoms with van der Waals surface area (Å²) < 4.78 is 0. The lowest BCUT2D eigenvalue weighted by molar-refractivity contribution is 0.194. The number of hydrogen-bond donors (Lipinski definition) is 1. The van der Waals surface area contributed by atoms with Crippen molar-refractivity contribution >= 4 is 27.5 Å². The lowest BCUT2D eigenvalue weighted by Gasteiger charge is -2.12. The number of hydrogen-bond acceptors (Lipinski definition) is 1. The van der Waals surface area contributed by atoms with Gasteiger partial charge in [0.1, 0.15) is 0 Å². The molecular formula is C9H10BrClO. The Labute approximate surface area is 85.5 Å². The number of alkyl halides is 1. The van der Waals surface area contributed by atoms with Crippen LogP contribution in [0.5, 0.6) is 0 Å². The van der Waals surface area contributed by atoms with Crippen LogP contribution in [0.25, 0.3) is 0 Å². The molecule has 1 aromatic rings. The first-order valence-corrected chi connectivity index (χ1v) is 4.98. The van der Waals surface area contributed by atoms with E-state index in [1.807, 2.05) is 24.3 Å². The van der Waals surface area contributed by atoms with Crippen LogP contribution in [0.1, 0.15) is 17.3 Å². The van der Waals surface area contributed by atoms with Crippen LogP contribution in [0.2, 0.25) is 5.02 Å². The van der Waals surface area contributed by atoms with Crippen molar-refractivity contribution in [3.63, 3.8) is 0 Å². The van der Waals surface area contributed by atoms with Gasteiger partial charge < -0.3 is 5.11 Å². The van der Waals surface area contributed by atoms with Gasteiger partial charge >= 0.3 is 0 Å². The monoisotopic (exact) mass is 248 g/mol. The first-order valence-electron chi connectivity index (χ1n) is 3.69. The van der Waals surface area contributed by atoms with Crippen LogP contribution in [-0.2, 0) is 0 Å². The van der Waals surface area contributed by atoms with Crippen LogP contribution in [0.3, 0.4) is 0 Å². The summed E-state index contributed by atoms with van der Waals surface area (Å²) in [7, 11) is 0. The van der Waals surface area contributed by atoms with Crippen LogP contribution >= 0.6 is 27.5 Å². The Balaban J connectivity index is 2.88. The van der Waals surface area contributed by atoms with Crippen LogP contribution in [0.4, 0.5) is 0 Å². The van der Waals surface area contributed by atoms with Crippen molar-refractivity contribution < 1.29 is 5.11 Å². The normalized spacial score (nSPS) is 15.7. The highest BCUT2D eigenvalue weighted by atomic mass is 79.9. The Morgan fingerprint density at radius 2 is 2.17 bits per heavy atom. The summed E-state index contributed by atoms with van der Waals surface area (Å²) in [4.78, 5) is -0.0452. The molecule has 0 fully saturated rings. The Kier molecular flexibility index (Phi) is 3.56. The minimum atomic E-state index is -0.413. The lowest BCUT2D eigenvalue weighted by Crippen LogP contribution is -2.07. The number of rotatable bonds is 2. The summed E-state index contributed by atoms with van der Waals surface area (Å²) in [5.74, 6) is 0. The fourth-order valence-electron chi connectivity index (χ4n) is 0.957. The second-order valence-electron chi connectivity index (χ2n) is 2.70. The molecule has 3 heteroatoms. The van der Waals surface area contributed by atoms with Crippen LogP contribution < -0.4 is 0 Å². The molecule has 0 aliphatic rings. The maximum atomic E-state index is 9.28. The molecule has 0 aliphatic heterocycles. The molecule has 1 aromatic carbocycles. The van der Waals surface area contributed by atoms with E-state index < -0.39 is 6.10 Å². The predicted octanol–water partition coefficient (Wildman–Crippen LogP) is 3.16. The number of halogens is 2. The number of aliphatic hydroxyl groups is 1. The third kappa shape index (κ3) is 2.47. The summed E-state index contributed by atoms with van der Waals surface area (Å²) in [6.07, 6.45) is -0.413. The Hall–Kier alpha value is -0.0500. The van der Waals surface area contributed by atoms with Gasteiger partial charge in [0.15, 0.2) is 0 Å². The Bertz CT molecular complexity index is 262. The second-order valence-corrected chi connectivity index (χ2v) is 4.12. The average Bonchev–Trinajstić information content (AvgIpc) is 2.03. The van der Waals surface area contributed by atoms with Crippen molar-refractivity contribution in [2.24, 2.45) is 0 Å². The van der Waals surface area contributed by atoms with E-state index in [0.29, 0.717) is 5.02 Å². The molecule has 1 rings (SSSR count). The summed E-state index contributed by atoms with van der Waals surface area (Å²) >= 11 is 9.17. The topological polar surface area (TPSA) is 20.2 Å². The van der Waals surface area contributed by atoms with Gasteiger partial charge in [0.2, 0.25) is 0 Å². The van der Waals surface area contributed by atoms with Gasteiger partial charge in [0, 0.05) is 5.02 Å². The SMILES string of the molecule is CC(O)C(Br)c1cccc(Cl)c1. The molecule has 0 aromatic heterocycles. The largest absolute Gasteiger partial charge is 0.392 e. The Morgan fingerprint density at radius 1 is 1.50 bits per heavy atom. The van der Waals surface area contributed by atoms with Gasteiger partial charge in [-0.15, -0.1) is 0 Å². The standard InChI is InChI=1S/C9H10BrClO/c1-6(12)9(10)7-3-2-4-8(11)5-7/h2-6,9,12H,1H3. The van der Waals surface area contributed by atoms with Crippen molar-refractivity contribution in [2.75, 3.05) is 0 Å². The maximum Gasteiger partial charge on any atom is 0.0678 e. The highest BCUT2D eigenvalue weighted by Gasteiger charge is 2.12. The smallest absolute Gasteiger partial charge is 0.0678 e. The molecule has 0 amide bonds. The maximum absolute atomic E-state index is 9.28. The molecule has 2 atom stereocenters. The molecule has 0 aliphatic carbocycles. The van der Waals surface area contributed by atoms with Gasteiger partial charge in [-0.3, -0.25) is 0 Å². The molecular weight excluding hydrogens is 239 g/mol. The highest BCUT2D eigenvalue weighted by molar-refractivity contribution is 9.09. The molecule has 0 saturated carbocycles. The molecule has 0 bridgehead atoms. The first kappa shape index (κ1) is 10.0. The summed E-state index contributed by atoms with van der Waals surface area (Å²) in [6, 6.07) is 7.45. The average molecular weight is 250 g/mol. The molecule has 66 valence electrons. The third-order valence-corrected chi connectivity index (χ3v) is 3.12. The zero-order valence-corrected chi connectivity index (χ0v) is 9.01. The van der Waals surface area contributed by atoms with E-state index in [1.165, 1.54) is 0 Å². The molecule has 12 heavy (non-hydrogen) atoms. The van der Waals surface area contributed by atoms with E-state index in [4.69, 9.17) is 11.6 Å². The van der Waals surface area contributed by atoms with Crippen molar-refractivity contribution in [1.82, 2.24) is 0 Å². The fraction of sp³-hybridized carbons (Fsp3) is 0.333. The fourth-order valence-corrected chi connectivity index (χ4v) is 1.44. The minimum absolute atomic E-state index is 0.0452. The zero-order chi connectivity index (χ0) is 9.14. The van der Waals surface area contributed by atoms with Crippen LogP contribution in [0, 0.1) is 0 Å².